The van der Waals surface area contributed by atoms with Gasteiger partial charge in [0.05, 0.1) is 11.4 Å². The summed E-state index contributed by atoms with van der Waals surface area (Å²) >= 11 is 9.18. The first-order valence-corrected chi connectivity index (χ1v) is 13.7. The van der Waals surface area contributed by atoms with Gasteiger partial charge in [-0.15, -0.1) is 21.5 Å². The van der Waals surface area contributed by atoms with Gasteiger partial charge in [-0.2, -0.15) is 0 Å². The average Bonchev–Trinajstić information content (AvgIpc) is 3.70. The molecule has 3 aromatic heterocycles. The van der Waals surface area contributed by atoms with E-state index in [1.165, 1.54) is 23.1 Å². The molecule has 0 saturated carbocycles. The molecule has 0 aliphatic carbocycles. The summed E-state index contributed by atoms with van der Waals surface area (Å²) in [5, 5.41) is 15.6. The SMILES string of the molecule is O=C(NCc1ccc2c(c1)OCO2)c1csc(CSc2nnc(-c3cccnc3)n2-c2cccc(Cl)c2)n1. The van der Waals surface area contributed by atoms with Crippen LogP contribution in [0.15, 0.2) is 77.5 Å². The maximum atomic E-state index is 12.7. The summed E-state index contributed by atoms with van der Waals surface area (Å²) in [6.07, 6.45) is 3.46. The van der Waals surface area contributed by atoms with Gasteiger partial charge in [-0.25, -0.2) is 4.98 Å². The second kappa shape index (κ2) is 10.8. The van der Waals surface area contributed by atoms with Crippen LogP contribution in [0, 0.1) is 0 Å². The Balaban J connectivity index is 1.15. The fraction of sp³-hybridized carbons (Fsp3) is 0.115. The largest absolute Gasteiger partial charge is 0.454 e. The Morgan fingerprint density at radius 3 is 2.89 bits per heavy atom. The number of benzene rings is 2. The molecule has 1 amide bonds. The third-order valence-electron chi connectivity index (χ3n) is 5.62. The van der Waals surface area contributed by atoms with Crippen molar-refractivity contribution in [1.82, 2.24) is 30.0 Å². The van der Waals surface area contributed by atoms with Crippen LogP contribution < -0.4 is 14.8 Å². The number of nitrogens with one attached hydrogen (secondary N) is 1. The number of fused-ring (bicyclic) bond motifs is 1. The summed E-state index contributed by atoms with van der Waals surface area (Å²) in [6, 6.07) is 16.9. The number of nitrogens with zero attached hydrogens (tertiary/aromatic N) is 5. The van der Waals surface area contributed by atoms with Crippen molar-refractivity contribution >= 4 is 40.6 Å². The Labute approximate surface area is 230 Å². The second-order valence-electron chi connectivity index (χ2n) is 8.15. The van der Waals surface area contributed by atoms with Gasteiger partial charge in [0.15, 0.2) is 22.5 Å². The van der Waals surface area contributed by atoms with Crippen molar-refractivity contribution in [2.45, 2.75) is 17.5 Å². The van der Waals surface area contributed by atoms with Gasteiger partial charge in [-0.1, -0.05) is 35.5 Å². The lowest BCUT2D eigenvalue weighted by atomic mass is 10.2. The smallest absolute Gasteiger partial charge is 0.271 e. The fourth-order valence-corrected chi connectivity index (χ4v) is 5.75. The highest BCUT2D eigenvalue weighted by molar-refractivity contribution is 7.98. The first kappa shape index (κ1) is 24.4. The lowest BCUT2D eigenvalue weighted by molar-refractivity contribution is 0.0946. The average molecular weight is 563 g/mol. The van der Waals surface area contributed by atoms with Crippen LogP contribution >= 0.6 is 34.7 Å². The molecule has 0 unspecified atom stereocenters. The summed E-state index contributed by atoms with van der Waals surface area (Å²) in [6.45, 7) is 0.571. The zero-order chi connectivity index (χ0) is 25.9. The normalized spacial score (nSPS) is 12.0. The highest BCUT2D eigenvalue weighted by atomic mass is 35.5. The van der Waals surface area contributed by atoms with E-state index in [0.717, 1.165) is 21.8 Å². The van der Waals surface area contributed by atoms with Crippen molar-refractivity contribution in [1.29, 1.82) is 0 Å². The number of pyridine rings is 1. The van der Waals surface area contributed by atoms with E-state index in [1.807, 2.05) is 59.2 Å². The minimum Gasteiger partial charge on any atom is -0.454 e. The van der Waals surface area contributed by atoms with Crippen LogP contribution in [0.4, 0.5) is 0 Å². The fourth-order valence-electron chi connectivity index (χ4n) is 3.82. The van der Waals surface area contributed by atoms with Gasteiger partial charge in [0.25, 0.3) is 5.91 Å². The molecule has 12 heteroatoms. The Morgan fingerprint density at radius 2 is 2.03 bits per heavy atom. The standard InChI is InChI=1S/C26H19ClN6O3S2/c27-18-4-1-5-19(10-18)33-24(17-3-2-8-28-12-17)31-32-26(33)38-14-23-30-20(13-37-23)25(34)29-11-16-6-7-21-22(9-16)36-15-35-21/h1-10,12-13H,11,14-15H2,(H,29,34). The van der Waals surface area contributed by atoms with Gasteiger partial charge < -0.3 is 14.8 Å². The number of rotatable bonds is 8. The molecule has 0 bridgehead atoms. The van der Waals surface area contributed by atoms with Crippen LogP contribution in [-0.4, -0.2) is 37.4 Å². The van der Waals surface area contributed by atoms with E-state index in [0.29, 0.717) is 45.5 Å². The van der Waals surface area contributed by atoms with E-state index in [4.69, 9.17) is 21.1 Å². The van der Waals surface area contributed by atoms with E-state index < -0.39 is 0 Å². The number of hydrogen-bond acceptors (Lipinski definition) is 9. The van der Waals surface area contributed by atoms with Crippen LogP contribution in [0.5, 0.6) is 11.5 Å². The predicted octanol–water partition coefficient (Wildman–Crippen LogP) is 5.39. The van der Waals surface area contributed by atoms with Crippen LogP contribution in [0.2, 0.25) is 5.02 Å². The van der Waals surface area contributed by atoms with Crippen LogP contribution in [0.1, 0.15) is 21.1 Å². The number of carbonyl (C=O) groups is 1. The molecule has 1 N–H and O–H groups in total. The molecular weight excluding hydrogens is 544 g/mol. The van der Waals surface area contributed by atoms with Crippen LogP contribution in [-0.2, 0) is 12.3 Å². The molecule has 5 aromatic rings. The molecule has 2 aromatic carbocycles. The lowest BCUT2D eigenvalue weighted by Gasteiger charge is -2.10. The molecule has 0 fully saturated rings. The first-order valence-electron chi connectivity index (χ1n) is 11.5. The summed E-state index contributed by atoms with van der Waals surface area (Å²) in [4.78, 5) is 21.4. The molecule has 1 aliphatic rings. The molecule has 0 atom stereocenters. The second-order valence-corrected chi connectivity index (χ2v) is 10.5. The Morgan fingerprint density at radius 1 is 1.11 bits per heavy atom. The van der Waals surface area contributed by atoms with Crippen molar-refractivity contribution in [3.63, 3.8) is 0 Å². The molecule has 6 rings (SSSR count). The zero-order valence-corrected chi connectivity index (χ0v) is 22.1. The van der Waals surface area contributed by atoms with Crippen molar-refractivity contribution in [3.05, 3.63) is 93.7 Å². The number of halogens is 1. The predicted molar refractivity (Wildman–Crippen MR) is 145 cm³/mol. The molecule has 38 heavy (non-hydrogen) atoms. The highest BCUT2D eigenvalue weighted by Gasteiger charge is 2.19. The van der Waals surface area contributed by atoms with E-state index in [1.54, 1.807) is 17.8 Å². The minimum absolute atomic E-state index is 0.213. The molecule has 4 heterocycles. The summed E-state index contributed by atoms with van der Waals surface area (Å²) < 4.78 is 12.7. The molecular formula is C26H19ClN6O3S2. The van der Waals surface area contributed by atoms with Gasteiger partial charge >= 0.3 is 0 Å². The summed E-state index contributed by atoms with van der Waals surface area (Å²) in [7, 11) is 0. The van der Waals surface area contributed by atoms with E-state index >= 15 is 0 Å². The minimum atomic E-state index is -0.240. The third-order valence-corrected chi connectivity index (χ3v) is 7.83. The Hall–Kier alpha value is -3.93. The molecule has 190 valence electrons. The zero-order valence-electron chi connectivity index (χ0n) is 19.7. The van der Waals surface area contributed by atoms with Crippen LogP contribution in [0.3, 0.4) is 0 Å². The van der Waals surface area contributed by atoms with Crippen molar-refractivity contribution in [3.8, 4) is 28.6 Å². The maximum Gasteiger partial charge on any atom is 0.271 e. The number of aromatic nitrogens is 5. The molecule has 0 spiro atoms. The monoisotopic (exact) mass is 562 g/mol. The number of thiazole rings is 1. The molecule has 9 nitrogen and oxygen atoms in total. The number of carbonyl (C=O) groups excluding carboxylic acids is 1. The Bertz CT molecular complexity index is 1610. The summed E-state index contributed by atoms with van der Waals surface area (Å²) in [5.41, 5.74) is 2.96. The van der Waals surface area contributed by atoms with E-state index in [-0.39, 0.29) is 12.7 Å². The van der Waals surface area contributed by atoms with E-state index in [2.05, 4.69) is 25.5 Å². The lowest BCUT2D eigenvalue weighted by Crippen LogP contribution is -2.23. The van der Waals surface area contributed by atoms with Gasteiger partial charge in [0, 0.05) is 34.9 Å². The molecule has 0 saturated heterocycles. The van der Waals surface area contributed by atoms with Gasteiger partial charge in [0.2, 0.25) is 6.79 Å². The number of ether oxygens (including phenoxy) is 2. The highest BCUT2D eigenvalue weighted by Crippen LogP contribution is 2.33. The number of hydrogen-bond donors (Lipinski definition) is 1. The topological polar surface area (TPSA) is 104 Å². The first-order chi connectivity index (χ1) is 18.6. The number of thioether (sulfide) groups is 1. The van der Waals surface area contributed by atoms with Gasteiger partial charge in [-0.3, -0.25) is 14.3 Å². The number of amides is 1. The summed E-state index contributed by atoms with van der Waals surface area (Å²) in [5.74, 6) is 2.33. The van der Waals surface area contributed by atoms with E-state index in [9.17, 15) is 4.79 Å². The Kier molecular flexibility index (Phi) is 6.95. The van der Waals surface area contributed by atoms with Crippen molar-refractivity contribution < 1.29 is 14.3 Å². The van der Waals surface area contributed by atoms with Crippen molar-refractivity contribution in [2.75, 3.05) is 6.79 Å². The van der Waals surface area contributed by atoms with Crippen LogP contribution in [0.25, 0.3) is 17.1 Å². The van der Waals surface area contributed by atoms with Crippen molar-refractivity contribution in [2.24, 2.45) is 0 Å². The molecule has 0 radical (unpaired) electrons. The van der Waals surface area contributed by atoms with Gasteiger partial charge in [-0.05, 0) is 48.0 Å². The third kappa shape index (κ3) is 5.21. The quantitative estimate of drug-likeness (QED) is 0.251. The van der Waals surface area contributed by atoms with Gasteiger partial charge in [0.1, 0.15) is 10.7 Å². The molecule has 1 aliphatic heterocycles. The maximum absolute atomic E-state index is 12.7.